The minimum Gasteiger partial charge on any atom is -0.347 e. The van der Waals surface area contributed by atoms with Gasteiger partial charge in [-0.1, -0.05) is 12.1 Å². The average molecular weight is 576 g/mol. The molecule has 1 N–H and O–H groups in total. The van der Waals surface area contributed by atoms with Crippen molar-refractivity contribution in [2.24, 2.45) is 4.99 Å². The second-order valence-corrected chi connectivity index (χ2v) is 10.7. The van der Waals surface area contributed by atoms with Crippen molar-refractivity contribution in [2.45, 2.75) is 31.3 Å². The second-order valence-electron chi connectivity index (χ2n) is 7.98. The van der Waals surface area contributed by atoms with Crippen molar-refractivity contribution in [1.29, 1.82) is 0 Å². The van der Waals surface area contributed by atoms with Crippen LogP contribution in [-0.2, 0) is 27.4 Å². The third-order valence-corrected chi connectivity index (χ3v) is 7.44. The molecule has 0 saturated carbocycles. The van der Waals surface area contributed by atoms with Crippen LogP contribution >= 0.6 is 24.0 Å². The van der Waals surface area contributed by atoms with E-state index in [1.807, 2.05) is 0 Å². The SMILES string of the molecule is CN(C)C(=O)CNC(=NCc1cccc(C(F)(F)F)c1)N1CCS(=O)(=O)C(C)(C)C1.I. The van der Waals surface area contributed by atoms with Crippen LogP contribution in [0.3, 0.4) is 0 Å². The quantitative estimate of drug-likeness (QED) is 0.339. The average Bonchev–Trinajstić information content (AvgIpc) is 2.63. The summed E-state index contributed by atoms with van der Waals surface area (Å²) in [5.74, 6) is -0.0115. The molecule has 0 radical (unpaired) electrons. The van der Waals surface area contributed by atoms with Crippen LogP contribution in [0.5, 0.6) is 0 Å². The number of halogens is 4. The molecule has 0 unspecified atom stereocenters. The molecular weight excluding hydrogens is 548 g/mol. The number of guanidine groups is 1. The van der Waals surface area contributed by atoms with E-state index < -0.39 is 26.3 Å². The van der Waals surface area contributed by atoms with E-state index in [1.54, 1.807) is 32.8 Å². The summed E-state index contributed by atoms with van der Waals surface area (Å²) in [5.41, 5.74) is -0.412. The minimum atomic E-state index is -4.45. The molecule has 2 rings (SSSR count). The topological polar surface area (TPSA) is 82.1 Å². The number of aliphatic imine (C=N–C) groups is 1. The van der Waals surface area contributed by atoms with Crippen molar-refractivity contribution in [3.8, 4) is 0 Å². The lowest BCUT2D eigenvalue weighted by Crippen LogP contribution is -2.58. The van der Waals surface area contributed by atoms with Crippen LogP contribution in [0.15, 0.2) is 29.3 Å². The van der Waals surface area contributed by atoms with E-state index in [4.69, 9.17) is 0 Å². The maximum absolute atomic E-state index is 12.9. The Morgan fingerprint density at radius 1 is 1.29 bits per heavy atom. The Labute approximate surface area is 198 Å². The summed E-state index contributed by atoms with van der Waals surface area (Å²) in [5, 5.41) is 2.92. The Morgan fingerprint density at radius 2 is 1.94 bits per heavy atom. The molecule has 1 saturated heterocycles. The molecule has 1 fully saturated rings. The second kappa shape index (κ2) is 10.4. The van der Waals surface area contributed by atoms with Gasteiger partial charge in [-0.25, -0.2) is 13.4 Å². The van der Waals surface area contributed by atoms with Gasteiger partial charge in [-0.05, 0) is 31.5 Å². The zero-order chi connectivity index (χ0) is 22.7. The predicted octanol–water partition coefficient (Wildman–Crippen LogP) is 2.37. The molecule has 1 aliphatic rings. The van der Waals surface area contributed by atoms with Crippen LogP contribution in [-0.4, -0.2) is 74.3 Å². The molecule has 176 valence electrons. The predicted molar refractivity (Wildman–Crippen MR) is 124 cm³/mol. The van der Waals surface area contributed by atoms with E-state index in [1.165, 1.54) is 17.0 Å². The summed E-state index contributed by atoms with van der Waals surface area (Å²) in [7, 11) is -0.0913. The first-order valence-electron chi connectivity index (χ1n) is 9.35. The normalized spacial score (nSPS) is 18.2. The van der Waals surface area contributed by atoms with Gasteiger partial charge in [0.05, 0.1) is 29.2 Å². The Morgan fingerprint density at radius 3 is 2.48 bits per heavy atom. The van der Waals surface area contributed by atoms with Crippen molar-refractivity contribution in [3.05, 3.63) is 35.4 Å². The molecule has 0 bridgehead atoms. The van der Waals surface area contributed by atoms with Gasteiger partial charge in [0.1, 0.15) is 0 Å². The summed E-state index contributed by atoms with van der Waals surface area (Å²) >= 11 is 0. The highest BCUT2D eigenvalue weighted by molar-refractivity contribution is 14.0. The molecule has 31 heavy (non-hydrogen) atoms. The van der Waals surface area contributed by atoms with E-state index in [0.717, 1.165) is 12.1 Å². The molecule has 1 amide bonds. The Hall–Kier alpha value is -1.57. The van der Waals surface area contributed by atoms with Crippen LogP contribution in [0, 0.1) is 0 Å². The number of nitrogens with one attached hydrogen (secondary N) is 1. The number of alkyl halides is 3. The van der Waals surface area contributed by atoms with Gasteiger partial charge in [-0.15, -0.1) is 24.0 Å². The van der Waals surface area contributed by atoms with Crippen molar-refractivity contribution in [3.63, 3.8) is 0 Å². The van der Waals surface area contributed by atoms with Crippen molar-refractivity contribution >= 4 is 45.7 Å². The fraction of sp³-hybridized carbons (Fsp3) is 0.579. The maximum Gasteiger partial charge on any atom is 0.416 e. The molecule has 0 aliphatic carbocycles. The lowest BCUT2D eigenvalue weighted by Gasteiger charge is -2.39. The van der Waals surface area contributed by atoms with Gasteiger partial charge in [0.15, 0.2) is 15.8 Å². The Balaban J connectivity index is 0.00000480. The molecular formula is C19H28F3IN4O3S. The third-order valence-electron chi connectivity index (χ3n) is 4.91. The van der Waals surface area contributed by atoms with E-state index >= 15 is 0 Å². The standard InChI is InChI=1S/C19H27F3N4O3S.HI/c1-18(2)13-26(8-9-30(18,28)29)17(24-12-16(27)25(3)4)23-11-14-6-5-7-15(10-14)19(20,21)22;/h5-7,10H,8-9,11-13H2,1-4H3,(H,23,24);1H. The largest absolute Gasteiger partial charge is 0.416 e. The molecule has 0 aromatic heterocycles. The van der Waals surface area contributed by atoms with E-state index in [-0.39, 0.29) is 67.8 Å². The molecule has 0 atom stereocenters. The molecule has 0 spiro atoms. The van der Waals surface area contributed by atoms with Crippen LogP contribution in [0.4, 0.5) is 13.2 Å². The van der Waals surface area contributed by atoms with Crippen LogP contribution in [0.25, 0.3) is 0 Å². The number of rotatable bonds is 4. The first kappa shape index (κ1) is 27.5. The fourth-order valence-corrected chi connectivity index (χ4v) is 4.28. The molecule has 1 aliphatic heterocycles. The van der Waals surface area contributed by atoms with Gasteiger partial charge in [-0.2, -0.15) is 13.2 Å². The van der Waals surface area contributed by atoms with Crippen LogP contribution < -0.4 is 5.32 Å². The van der Waals surface area contributed by atoms with Crippen molar-refractivity contribution in [2.75, 3.05) is 39.5 Å². The van der Waals surface area contributed by atoms with E-state index in [2.05, 4.69) is 10.3 Å². The summed E-state index contributed by atoms with van der Waals surface area (Å²) in [6.45, 7) is 3.44. The number of sulfone groups is 1. The van der Waals surface area contributed by atoms with Crippen LogP contribution in [0.1, 0.15) is 25.0 Å². The molecule has 1 aromatic carbocycles. The summed E-state index contributed by atoms with van der Waals surface area (Å²) in [6.07, 6.45) is -4.45. The number of carbonyl (C=O) groups is 1. The highest BCUT2D eigenvalue weighted by atomic mass is 127. The van der Waals surface area contributed by atoms with E-state index in [0.29, 0.717) is 5.56 Å². The fourth-order valence-electron chi connectivity index (χ4n) is 2.92. The zero-order valence-electron chi connectivity index (χ0n) is 17.9. The number of benzene rings is 1. The lowest BCUT2D eigenvalue weighted by atomic mass is 10.1. The van der Waals surface area contributed by atoms with Gasteiger partial charge in [-0.3, -0.25) is 4.79 Å². The van der Waals surface area contributed by atoms with Crippen LogP contribution in [0.2, 0.25) is 0 Å². The molecule has 7 nitrogen and oxygen atoms in total. The molecule has 12 heteroatoms. The zero-order valence-corrected chi connectivity index (χ0v) is 21.0. The van der Waals surface area contributed by atoms with Gasteiger partial charge in [0.2, 0.25) is 5.91 Å². The van der Waals surface area contributed by atoms with Crippen molar-refractivity contribution in [1.82, 2.24) is 15.1 Å². The van der Waals surface area contributed by atoms with Gasteiger partial charge in [0, 0.05) is 27.2 Å². The van der Waals surface area contributed by atoms with Gasteiger partial charge in [0.25, 0.3) is 0 Å². The van der Waals surface area contributed by atoms with E-state index in [9.17, 15) is 26.4 Å². The Bertz CT molecular complexity index is 918. The number of amides is 1. The first-order valence-corrected chi connectivity index (χ1v) is 11.0. The van der Waals surface area contributed by atoms with Gasteiger partial charge < -0.3 is 15.1 Å². The van der Waals surface area contributed by atoms with Crippen molar-refractivity contribution < 1.29 is 26.4 Å². The third kappa shape index (κ3) is 7.22. The Kier molecular flexibility index (Phi) is 9.18. The smallest absolute Gasteiger partial charge is 0.347 e. The number of likely N-dealkylation sites (N-methyl/N-ethyl adjacent to an activating group) is 1. The number of hydrogen-bond acceptors (Lipinski definition) is 4. The summed E-state index contributed by atoms with van der Waals surface area (Å²) in [4.78, 5) is 19.5. The molecule has 1 heterocycles. The maximum atomic E-state index is 12.9. The lowest BCUT2D eigenvalue weighted by molar-refractivity contribution is -0.137. The number of nitrogens with zero attached hydrogens (tertiary/aromatic N) is 3. The summed E-state index contributed by atoms with van der Waals surface area (Å²) < 4.78 is 62.4. The number of carbonyl (C=O) groups excluding carboxylic acids is 1. The monoisotopic (exact) mass is 576 g/mol. The molecule has 1 aromatic rings. The first-order chi connectivity index (χ1) is 13.7. The highest BCUT2D eigenvalue weighted by Crippen LogP contribution is 2.29. The highest BCUT2D eigenvalue weighted by Gasteiger charge is 2.41. The minimum absolute atomic E-state index is 0. The summed E-state index contributed by atoms with van der Waals surface area (Å²) in [6, 6.07) is 4.86. The van der Waals surface area contributed by atoms with Gasteiger partial charge >= 0.3 is 6.18 Å². The number of hydrogen-bond donors (Lipinski definition) is 1.